The van der Waals surface area contributed by atoms with Crippen molar-refractivity contribution in [1.29, 1.82) is 0 Å². The molecule has 0 saturated heterocycles. The topological polar surface area (TPSA) is 48.5 Å². The van der Waals surface area contributed by atoms with Crippen molar-refractivity contribution in [3.05, 3.63) is 23.9 Å². The van der Waals surface area contributed by atoms with Gasteiger partial charge in [0.2, 0.25) is 0 Å². The van der Waals surface area contributed by atoms with Crippen molar-refractivity contribution < 1.29 is 4.79 Å². The number of nitrogens with one attached hydrogen (secondary N) is 1. The van der Waals surface area contributed by atoms with Crippen LogP contribution in [0.1, 0.15) is 24.3 Å². The summed E-state index contributed by atoms with van der Waals surface area (Å²) in [5.41, 5.74) is 0.485. The van der Waals surface area contributed by atoms with Gasteiger partial charge in [0.1, 0.15) is 11.5 Å². The molecular weight excluding hydrogens is 240 g/mol. The summed E-state index contributed by atoms with van der Waals surface area (Å²) in [4.78, 5) is 20.7. The Hall–Kier alpha value is -1.62. The lowest BCUT2D eigenvalue weighted by Crippen LogP contribution is -2.44. The third-order valence-corrected chi connectivity index (χ3v) is 2.99. The van der Waals surface area contributed by atoms with Crippen molar-refractivity contribution in [2.75, 3.05) is 39.5 Å². The van der Waals surface area contributed by atoms with Gasteiger partial charge in [0.05, 0.1) is 0 Å². The van der Waals surface area contributed by atoms with E-state index >= 15 is 0 Å². The normalized spacial score (nSPS) is 12.3. The predicted octanol–water partition coefficient (Wildman–Crippen LogP) is 1.54. The highest BCUT2D eigenvalue weighted by Gasteiger charge is 2.21. The third-order valence-electron chi connectivity index (χ3n) is 2.99. The van der Waals surface area contributed by atoms with E-state index in [-0.39, 0.29) is 11.9 Å². The van der Waals surface area contributed by atoms with Gasteiger partial charge in [0.15, 0.2) is 0 Å². The molecule has 0 aliphatic rings. The van der Waals surface area contributed by atoms with Crippen molar-refractivity contribution >= 4 is 11.7 Å². The van der Waals surface area contributed by atoms with Gasteiger partial charge in [-0.25, -0.2) is 4.98 Å². The smallest absolute Gasteiger partial charge is 0.272 e. The van der Waals surface area contributed by atoms with Crippen LogP contribution < -0.4 is 5.32 Å². The van der Waals surface area contributed by atoms with Crippen molar-refractivity contribution in [1.82, 2.24) is 14.8 Å². The van der Waals surface area contributed by atoms with Crippen LogP contribution in [0.15, 0.2) is 18.2 Å². The van der Waals surface area contributed by atoms with Crippen molar-refractivity contribution in [2.45, 2.75) is 19.9 Å². The molecular formula is C14H24N4O. The third kappa shape index (κ3) is 4.21. The molecule has 0 radical (unpaired) electrons. The molecule has 0 aliphatic carbocycles. The zero-order valence-corrected chi connectivity index (χ0v) is 12.5. The number of anilines is 1. The van der Waals surface area contributed by atoms with E-state index in [4.69, 9.17) is 0 Å². The van der Waals surface area contributed by atoms with E-state index in [1.54, 1.807) is 13.1 Å². The summed E-state index contributed by atoms with van der Waals surface area (Å²) >= 11 is 0. The first-order valence-electron chi connectivity index (χ1n) is 6.60. The first kappa shape index (κ1) is 15.4. The van der Waals surface area contributed by atoms with Crippen molar-refractivity contribution in [3.63, 3.8) is 0 Å². The molecule has 1 N–H and O–H groups in total. The van der Waals surface area contributed by atoms with E-state index in [9.17, 15) is 4.79 Å². The molecule has 1 atom stereocenters. The minimum Gasteiger partial charge on any atom is -0.373 e. The summed E-state index contributed by atoms with van der Waals surface area (Å²) in [6.07, 6.45) is 0. The maximum atomic E-state index is 12.5. The van der Waals surface area contributed by atoms with Crippen molar-refractivity contribution in [3.8, 4) is 0 Å². The second-order valence-electron chi connectivity index (χ2n) is 4.86. The summed E-state index contributed by atoms with van der Waals surface area (Å²) in [5.74, 6) is 0.691. The molecule has 5 nitrogen and oxygen atoms in total. The van der Waals surface area contributed by atoms with Crippen LogP contribution >= 0.6 is 0 Å². The first-order chi connectivity index (χ1) is 8.99. The van der Waals surface area contributed by atoms with Crippen molar-refractivity contribution in [2.24, 2.45) is 0 Å². The van der Waals surface area contributed by atoms with Crippen LogP contribution in [0.3, 0.4) is 0 Å². The van der Waals surface area contributed by atoms with Gasteiger partial charge < -0.3 is 15.1 Å². The average molecular weight is 264 g/mol. The Balaban J connectivity index is 2.88. The Kier molecular flexibility index (Phi) is 5.76. The fourth-order valence-corrected chi connectivity index (χ4v) is 2.12. The van der Waals surface area contributed by atoms with E-state index in [1.807, 2.05) is 38.1 Å². The summed E-state index contributed by atoms with van der Waals surface area (Å²) < 4.78 is 0. The second kappa shape index (κ2) is 7.09. The van der Waals surface area contributed by atoms with Gasteiger partial charge in [-0.2, -0.15) is 0 Å². The zero-order valence-electron chi connectivity index (χ0n) is 12.5. The highest BCUT2D eigenvalue weighted by Crippen LogP contribution is 2.10. The second-order valence-corrected chi connectivity index (χ2v) is 4.86. The molecule has 0 saturated carbocycles. The fraction of sp³-hybridized carbons (Fsp3) is 0.571. The fourth-order valence-electron chi connectivity index (χ4n) is 2.12. The molecule has 0 aliphatic heterocycles. The molecule has 0 aromatic carbocycles. The lowest BCUT2D eigenvalue weighted by molar-refractivity contribution is 0.0673. The highest BCUT2D eigenvalue weighted by molar-refractivity contribution is 5.92. The van der Waals surface area contributed by atoms with Gasteiger partial charge in [0.25, 0.3) is 5.91 Å². The van der Waals surface area contributed by atoms with Crippen LogP contribution in [0.4, 0.5) is 5.82 Å². The van der Waals surface area contributed by atoms with Crippen LogP contribution in [0, 0.1) is 0 Å². The minimum atomic E-state index is -0.0195. The Morgan fingerprint density at radius 3 is 2.63 bits per heavy atom. The highest BCUT2D eigenvalue weighted by atomic mass is 16.2. The molecule has 1 amide bonds. The quantitative estimate of drug-likeness (QED) is 0.846. The summed E-state index contributed by atoms with van der Waals surface area (Å²) in [5, 5.41) is 2.95. The Labute approximate surface area is 115 Å². The number of amides is 1. The number of rotatable bonds is 6. The number of carbonyl (C=O) groups excluding carboxylic acids is 1. The number of carbonyl (C=O) groups is 1. The van der Waals surface area contributed by atoms with Gasteiger partial charge in [-0.05, 0) is 40.1 Å². The van der Waals surface area contributed by atoms with Crippen LogP contribution in [-0.2, 0) is 0 Å². The molecule has 1 aromatic rings. The van der Waals surface area contributed by atoms with Gasteiger partial charge in [-0.1, -0.05) is 6.07 Å². The average Bonchev–Trinajstić information content (AvgIpc) is 2.38. The zero-order chi connectivity index (χ0) is 14.4. The molecule has 1 heterocycles. The number of likely N-dealkylation sites (N-methyl/N-ethyl adjacent to an activating group) is 2. The lowest BCUT2D eigenvalue weighted by atomic mass is 10.2. The minimum absolute atomic E-state index is 0.0195. The standard InChI is InChI=1S/C14H24N4O/c1-6-18(11(2)10-17(4)5)14(19)12-8-7-9-13(15-3)16-12/h7-9,11H,6,10H2,1-5H3,(H,15,16). The lowest BCUT2D eigenvalue weighted by Gasteiger charge is -2.29. The molecule has 106 valence electrons. The molecule has 1 rings (SSSR count). The van der Waals surface area contributed by atoms with Crippen LogP contribution in [0.25, 0.3) is 0 Å². The maximum absolute atomic E-state index is 12.5. The molecule has 0 spiro atoms. The Morgan fingerprint density at radius 1 is 1.42 bits per heavy atom. The van der Waals surface area contributed by atoms with Crippen LogP contribution in [0.2, 0.25) is 0 Å². The number of aromatic nitrogens is 1. The van der Waals surface area contributed by atoms with E-state index < -0.39 is 0 Å². The van der Waals surface area contributed by atoms with E-state index in [0.29, 0.717) is 18.1 Å². The van der Waals surface area contributed by atoms with E-state index in [0.717, 1.165) is 6.54 Å². The largest absolute Gasteiger partial charge is 0.373 e. The van der Waals surface area contributed by atoms with Gasteiger partial charge >= 0.3 is 0 Å². The Morgan fingerprint density at radius 2 is 2.11 bits per heavy atom. The number of pyridine rings is 1. The van der Waals surface area contributed by atoms with E-state index in [2.05, 4.69) is 22.1 Å². The van der Waals surface area contributed by atoms with Gasteiger partial charge in [-0.3, -0.25) is 4.79 Å². The molecule has 0 fully saturated rings. The van der Waals surface area contributed by atoms with Crippen LogP contribution in [0.5, 0.6) is 0 Å². The SMILES string of the molecule is CCN(C(=O)c1cccc(NC)n1)C(C)CN(C)C. The van der Waals surface area contributed by atoms with E-state index in [1.165, 1.54) is 0 Å². The Bertz CT molecular complexity index is 420. The molecule has 19 heavy (non-hydrogen) atoms. The number of hydrogen-bond donors (Lipinski definition) is 1. The summed E-state index contributed by atoms with van der Waals surface area (Å²) in [7, 11) is 5.81. The first-order valence-corrected chi connectivity index (χ1v) is 6.60. The number of hydrogen-bond acceptors (Lipinski definition) is 4. The summed E-state index contributed by atoms with van der Waals surface area (Å²) in [6, 6.07) is 5.61. The predicted molar refractivity (Wildman–Crippen MR) is 78.5 cm³/mol. The maximum Gasteiger partial charge on any atom is 0.272 e. The molecule has 1 aromatic heterocycles. The molecule has 1 unspecified atom stereocenters. The summed E-state index contributed by atoms with van der Waals surface area (Å²) in [6.45, 7) is 5.57. The molecule has 5 heteroatoms. The van der Waals surface area contributed by atoms with Gasteiger partial charge in [0, 0.05) is 26.2 Å². The number of nitrogens with zero attached hydrogens (tertiary/aromatic N) is 3. The van der Waals surface area contributed by atoms with Crippen LogP contribution in [-0.4, -0.2) is 61.0 Å². The molecule has 0 bridgehead atoms. The van der Waals surface area contributed by atoms with Gasteiger partial charge in [-0.15, -0.1) is 0 Å². The monoisotopic (exact) mass is 264 g/mol.